The number of nitrogens with one attached hydrogen (secondary N) is 1. The van der Waals surface area contributed by atoms with Gasteiger partial charge >= 0.3 is 19.5 Å². The van der Waals surface area contributed by atoms with Crippen LogP contribution in [0.5, 0.6) is 0 Å². The summed E-state index contributed by atoms with van der Waals surface area (Å²) in [6, 6.07) is 8.97. The van der Waals surface area contributed by atoms with E-state index in [0.717, 1.165) is 29.9 Å². The van der Waals surface area contributed by atoms with Gasteiger partial charge in [-0.25, -0.2) is 10.5 Å². The predicted octanol–water partition coefficient (Wildman–Crippen LogP) is 6.09. The molecule has 0 atom stereocenters. The minimum atomic E-state index is -0.270. The molecular weight excluding hydrogens is 502 g/mol. The Labute approximate surface area is 202 Å². The molecule has 0 radical (unpaired) electrons. The molecule has 3 rings (SSSR count). The van der Waals surface area contributed by atoms with Crippen LogP contribution in [-0.4, -0.2) is 34.2 Å². The van der Waals surface area contributed by atoms with Crippen LogP contribution in [0.1, 0.15) is 27.8 Å². The first kappa shape index (κ1) is 27.2. The zero-order valence-electron chi connectivity index (χ0n) is 18.2. The average molecular weight is 533 g/mol. The third-order valence-electron chi connectivity index (χ3n) is 4.69. The average Bonchev–Trinajstić information content (AvgIpc) is 3.17. The summed E-state index contributed by atoms with van der Waals surface area (Å²) in [5, 5.41) is 3.42. The van der Waals surface area contributed by atoms with Gasteiger partial charge in [0.1, 0.15) is 5.82 Å². The smallest absolute Gasteiger partial charge is 0.386 e. The van der Waals surface area contributed by atoms with E-state index in [4.69, 9.17) is 6.58 Å². The Morgan fingerprint density at radius 1 is 1.07 bits per heavy atom. The monoisotopic (exact) mass is 533 g/mol. The maximum atomic E-state index is 13.2. The first-order valence-electron chi connectivity index (χ1n) is 9.49. The number of rotatable bonds is 6. The van der Waals surface area contributed by atoms with Crippen LogP contribution in [0.2, 0.25) is 0 Å². The van der Waals surface area contributed by atoms with Gasteiger partial charge in [-0.2, -0.15) is 12.2 Å². The third-order valence-corrected chi connectivity index (χ3v) is 6.18. The third kappa shape index (κ3) is 8.01. The van der Waals surface area contributed by atoms with E-state index in [1.165, 1.54) is 34.9 Å². The van der Waals surface area contributed by atoms with Crippen LogP contribution in [0.25, 0.3) is 6.08 Å². The molecule has 1 aliphatic heterocycles. The van der Waals surface area contributed by atoms with Gasteiger partial charge in [-0.05, 0) is 63.6 Å². The molecule has 0 amide bonds. The van der Waals surface area contributed by atoms with E-state index in [0.29, 0.717) is 6.54 Å². The summed E-state index contributed by atoms with van der Waals surface area (Å²) >= 11 is 3.55. The van der Waals surface area contributed by atoms with Gasteiger partial charge in [0.2, 0.25) is 0 Å². The molecule has 1 fully saturated rings. The van der Waals surface area contributed by atoms with E-state index in [-0.39, 0.29) is 25.3 Å². The molecule has 1 aliphatic rings. The standard InChI is InChI=1S/C18H19FN.C5H11N2S2.Ru/c1-5-15-10-17(19)7-6-16(15)11-20-18-13(3)8-12(2)9-14(18)4;1-8-6-3-4-7(5-6)9-2;/h1,5-10,20H,11H2,2-4H3;5H,3-4H2,1-2H3;/q2*-1;+2. The largest absolute Gasteiger partial charge is 2.00 e. The Balaban J connectivity index is 0.000000379. The van der Waals surface area contributed by atoms with Crippen LogP contribution < -0.4 is 5.32 Å². The van der Waals surface area contributed by atoms with Crippen LogP contribution >= 0.6 is 23.9 Å². The molecule has 1 heterocycles. The van der Waals surface area contributed by atoms with E-state index in [2.05, 4.69) is 66.0 Å². The molecule has 30 heavy (non-hydrogen) atoms. The Hall–Kier alpha value is -0.847. The quantitative estimate of drug-likeness (QED) is 0.275. The van der Waals surface area contributed by atoms with Crippen molar-refractivity contribution in [1.82, 2.24) is 8.61 Å². The Morgan fingerprint density at radius 3 is 2.10 bits per heavy atom. The first-order valence-corrected chi connectivity index (χ1v) is 11.9. The van der Waals surface area contributed by atoms with Gasteiger partial charge in [-0.3, -0.25) is 6.58 Å². The van der Waals surface area contributed by atoms with Crippen molar-refractivity contribution in [2.45, 2.75) is 27.3 Å². The molecule has 0 aliphatic carbocycles. The maximum absolute atomic E-state index is 13.2. The molecule has 0 aromatic heterocycles. The van der Waals surface area contributed by atoms with Crippen LogP contribution in [0, 0.1) is 39.8 Å². The van der Waals surface area contributed by atoms with Gasteiger partial charge in [0.15, 0.2) is 0 Å². The first-order chi connectivity index (χ1) is 13.9. The fraction of sp³-hybridized carbons (Fsp3) is 0.348. The van der Waals surface area contributed by atoms with Crippen molar-refractivity contribution in [3.8, 4) is 0 Å². The van der Waals surface area contributed by atoms with E-state index in [1.807, 2.05) is 0 Å². The van der Waals surface area contributed by atoms with Gasteiger partial charge in [0, 0.05) is 12.2 Å². The second kappa shape index (κ2) is 13.5. The number of halogens is 1. The van der Waals surface area contributed by atoms with Crippen LogP contribution in [0.4, 0.5) is 10.1 Å². The molecule has 0 bridgehead atoms. The molecular formula is C23H30FN3RuS2. The Morgan fingerprint density at radius 2 is 1.63 bits per heavy atom. The summed E-state index contributed by atoms with van der Waals surface area (Å²) < 4.78 is 17.6. The molecule has 0 spiro atoms. The molecule has 2 aromatic rings. The molecule has 2 aromatic carbocycles. The fourth-order valence-electron chi connectivity index (χ4n) is 3.26. The predicted molar refractivity (Wildman–Crippen MR) is 128 cm³/mol. The number of aryl methyl sites for hydroxylation is 3. The van der Waals surface area contributed by atoms with Crippen molar-refractivity contribution >= 4 is 35.7 Å². The van der Waals surface area contributed by atoms with Crippen LogP contribution in [0.3, 0.4) is 0 Å². The number of hydrogen-bond donors (Lipinski definition) is 1. The SMILES string of the molecule is CSN1[CH-]N(SC)CC1.[CH-]=Cc1cc(F)ccc1CNc1c(C)cc(C)cc1C.[Ru+2]. The van der Waals surface area contributed by atoms with Crippen molar-refractivity contribution in [1.29, 1.82) is 0 Å². The Kier molecular flexibility index (Phi) is 12.3. The van der Waals surface area contributed by atoms with Crippen LogP contribution in [0.15, 0.2) is 30.3 Å². The van der Waals surface area contributed by atoms with Crippen molar-refractivity contribution in [3.63, 3.8) is 0 Å². The molecule has 3 nitrogen and oxygen atoms in total. The van der Waals surface area contributed by atoms with E-state index in [1.54, 1.807) is 30.0 Å². The zero-order valence-corrected chi connectivity index (χ0v) is 21.6. The second-order valence-electron chi connectivity index (χ2n) is 6.90. The maximum Gasteiger partial charge on any atom is 2.00 e. The topological polar surface area (TPSA) is 18.5 Å². The number of benzene rings is 2. The minimum Gasteiger partial charge on any atom is -0.386 e. The number of nitrogens with zero attached hydrogens (tertiary/aromatic N) is 2. The summed E-state index contributed by atoms with van der Waals surface area (Å²) in [6.45, 7) is 16.9. The summed E-state index contributed by atoms with van der Waals surface area (Å²) in [6.07, 6.45) is 5.63. The van der Waals surface area contributed by atoms with Gasteiger partial charge in [-0.1, -0.05) is 23.8 Å². The van der Waals surface area contributed by atoms with Crippen molar-refractivity contribution in [2.75, 3.05) is 30.9 Å². The van der Waals surface area contributed by atoms with E-state index in [9.17, 15) is 4.39 Å². The molecule has 1 saturated heterocycles. The summed E-state index contributed by atoms with van der Waals surface area (Å²) in [5.74, 6) is -0.270. The van der Waals surface area contributed by atoms with E-state index < -0.39 is 0 Å². The number of anilines is 1. The number of hydrogen-bond acceptors (Lipinski definition) is 5. The van der Waals surface area contributed by atoms with Gasteiger partial charge in [0.25, 0.3) is 0 Å². The summed E-state index contributed by atoms with van der Waals surface area (Å²) in [5.41, 5.74) is 6.50. The normalized spacial score (nSPS) is 13.9. The molecule has 0 unspecified atom stereocenters. The van der Waals surface area contributed by atoms with Gasteiger partial charge in [-0.15, -0.1) is 35.5 Å². The van der Waals surface area contributed by atoms with E-state index >= 15 is 0 Å². The van der Waals surface area contributed by atoms with Crippen molar-refractivity contribution in [3.05, 3.63) is 77.2 Å². The molecule has 1 N–H and O–H groups in total. The van der Waals surface area contributed by atoms with Crippen LogP contribution in [-0.2, 0) is 26.0 Å². The van der Waals surface area contributed by atoms with Crippen molar-refractivity contribution < 1.29 is 23.9 Å². The summed E-state index contributed by atoms with van der Waals surface area (Å²) in [7, 11) is 0. The molecule has 0 saturated carbocycles. The molecule has 164 valence electrons. The summed E-state index contributed by atoms with van der Waals surface area (Å²) in [4.78, 5) is 0. The van der Waals surface area contributed by atoms with Crippen molar-refractivity contribution in [2.24, 2.45) is 0 Å². The minimum absolute atomic E-state index is 0. The fourth-order valence-corrected chi connectivity index (χ4v) is 4.26. The second-order valence-corrected chi connectivity index (χ2v) is 8.57. The molecule has 7 heteroatoms. The Bertz CT molecular complexity index is 799. The zero-order chi connectivity index (χ0) is 21.4. The van der Waals surface area contributed by atoms with Gasteiger partial charge in [0.05, 0.1) is 0 Å². The van der Waals surface area contributed by atoms with Gasteiger partial charge < -0.3 is 13.9 Å².